The average molecular weight is 225 g/mol. The molecule has 0 heterocycles. The zero-order valence-corrected chi connectivity index (χ0v) is 11.3. The molecule has 0 saturated heterocycles. The molecular weight excluding hydrogens is 198 g/mol. The fourth-order valence-electron chi connectivity index (χ4n) is 2.07. The molecule has 1 atom stereocenters. The Bertz CT molecular complexity index is 227. The summed E-state index contributed by atoms with van der Waals surface area (Å²) in [6.45, 7) is 7.12. The van der Waals surface area contributed by atoms with Crippen molar-refractivity contribution < 1.29 is 4.74 Å². The van der Waals surface area contributed by atoms with E-state index in [1.165, 1.54) is 32.1 Å². The predicted molar refractivity (Wildman–Crippen MR) is 69.7 cm³/mol. The molecule has 2 nitrogen and oxygen atoms in total. The number of allylic oxidation sites excluding steroid dienone is 1. The van der Waals surface area contributed by atoms with Crippen molar-refractivity contribution in [2.45, 2.75) is 64.5 Å². The molecule has 16 heavy (non-hydrogen) atoms. The van der Waals surface area contributed by atoms with Crippen LogP contribution in [0.3, 0.4) is 0 Å². The van der Waals surface area contributed by atoms with Gasteiger partial charge in [0.2, 0.25) is 0 Å². The third-order valence-corrected chi connectivity index (χ3v) is 3.06. The quantitative estimate of drug-likeness (QED) is 0.741. The molecule has 0 aromatic rings. The lowest BCUT2D eigenvalue weighted by atomic mass is 10.0. The molecule has 0 aliphatic heterocycles. The van der Waals surface area contributed by atoms with Crippen molar-refractivity contribution in [2.75, 3.05) is 13.7 Å². The van der Waals surface area contributed by atoms with E-state index in [2.05, 4.69) is 32.2 Å². The van der Waals surface area contributed by atoms with Crippen molar-refractivity contribution in [1.82, 2.24) is 5.32 Å². The van der Waals surface area contributed by atoms with E-state index in [9.17, 15) is 0 Å². The molecule has 0 amide bonds. The summed E-state index contributed by atoms with van der Waals surface area (Å²) in [7, 11) is 2.03. The van der Waals surface area contributed by atoms with Crippen LogP contribution in [-0.4, -0.2) is 25.3 Å². The van der Waals surface area contributed by atoms with Crippen LogP contribution < -0.4 is 5.32 Å². The molecule has 1 aliphatic rings. The van der Waals surface area contributed by atoms with Crippen LogP contribution in [0, 0.1) is 0 Å². The predicted octanol–water partition coefficient (Wildman–Crippen LogP) is 3.28. The summed E-state index contributed by atoms with van der Waals surface area (Å²) in [5, 5.41) is 3.38. The van der Waals surface area contributed by atoms with Crippen LogP contribution in [0.15, 0.2) is 11.6 Å². The maximum absolute atomic E-state index is 5.87. The second kappa shape index (κ2) is 6.41. The molecule has 0 bridgehead atoms. The number of ether oxygens (including phenoxy) is 1. The Morgan fingerprint density at radius 2 is 2.06 bits per heavy atom. The van der Waals surface area contributed by atoms with Crippen LogP contribution in [-0.2, 0) is 4.74 Å². The van der Waals surface area contributed by atoms with Gasteiger partial charge >= 0.3 is 0 Å². The minimum atomic E-state index is -0.0413. The van der Waals surface area contributed by atoms with Gasteiger partial charge in [0.25, 0.3) is 0 Å². The van der Waals surface area contributed by atoms with Crippen LogP contribution in [0.5, 0.6) is 0 Å². The smallest absolute Gasteiger partial charge is 0.0665 e. The average Bonchev–Trinajstić information content (AvgIpc) is 2.46. The lowest BCUT2D eigenvalue weighted by molar-refractivity contribution is -0.00968. The van der Waals surface area contributed by atoms with E-state index < -0.39 is 0 Å². The monoisotopic (exact) mass is 225 g/mol. The summed E-state index contributed by atoms with van der Waals surface area (Å²) in [6, 6.07) is 0.400. The Kier molecular flexibility index (Phi) is 5.50. The molecule has 0 fully saturated rings. The number of hydrogen-bond acceptors (Lipinski definition) is 2. The fraction of sp³-hybridized carbons (Fsp3) is 0.857. The van der Waals surface area contributed by atoms with E-state index in [4.69, 9.17) is 4.74 Å². The molecule has 0 spiro atoms. The van der Waals surface area contributed by atoms with E-state index in [1.54, 1.807) is 5.57 Å². The van der Waals surface area contributed by atoms with Crippen molar-refractivity contribution in [3.05, 3.63) is 11.6 Å². The van der Waals surface area contributed by atoms with Gasteiger partial charge in [0.1, 0.15) is 0 Å². The van der Waals surface area contributed by atoms with Gasteiger partial charge in [-0.3, -0.25) is 0 Å². The van der Waals surface area contributed by atoms with Crippen LogP contribution in [0.4, 0.5) is 0 Å². The molecule has 0 radical (unpaired) electrons. The highest BCUT2D eigenvalue weighted by molar-refractivity contribution is 5.12. The van der Waals surface area contributed by atoms with Gasteiger partial charge in [0.15, 0.2) is 0 Å². The highest BCUT2D eigenvalue weighted by Crippen LogP contribution is 2.21. The molecule has 0 aromatic heterocycles. The van der Waals surface area contributed by atoms with Gasteiger partial charge in [-0.25, -0.2) is 0 Å². The van der Waals surface area contributed by atoms with E-state index in [1.807, 2.05) is 7.05 Å². The third kappa shape index (κ3) is 5.13. The third-order valence-electron chi connectivity index (χ3n) is 3.06. The minimum Gasteiger partial charge on any atom is -0.374 e. The van der Waals surface area contributed by atoms with Crippen molar-refractivity contribution in [3.8, 4) is 0 Å². The molecular formula is C14H27NO. The topological polar surface area (TPSA) is 21.3 Å². The Labute approximate surface area is 100 Å². The lowest BCUT2D eigenvalue weighted by Crippen LogP contribution is -2.36. The SMILES string of the molecule is CNC(COC(C)(C)C)C1=CCCCCC1. The van der Waals surface area contributed by atoms with E-state index >= 15 is 0 Å². The molecule has 94 valence electrons. The van der Waals surface area contributed by atoms with Crippen molar-refractivity contribution in [1.29, 1.82) is 0 Å². The minimum absolute atomic E-state index is 0.0413. The molecule has 2 heteroatoms. The number of hydrogen-bond donors (Lipinski definition) is 1. The zero-order chi connectivity index (χ0) is 12.0. The second-order valence-corrected chi connectivity index (χ2v) is 5.64. The first-order chi connectivity index (χ1) is 7.53. The van der Waals surface area contributed by atoms with Crippen LogP contribution in [0.1, 0.15) is 52.9 Å². The molecule has 1 N–H and O–H groups in total. The summed E-state index contributed by atoms with van der Waals surface area (Å²) in [6.07, 6.45) is 8.94. The van der Waals surface area contributed by atoms with E-state index in [0.29, 0.717) is 6.04 Å². The van der Waals surface area contributed by atoms with Gasteiger partial charge in [0.05, 0.1) is 18.2 Å². The standard InChI is InChI=1S/C14H27NO/c1-14(2,3)16-11-13(15-4)12-9-7-5-6-8-10-12/h9,13,15H,5-8,10-11H2,1-4H3. The lowest BCUT2D eigenvalue weighted by Gasteiger charge is -2.26. The first kappa shape index (κ1) is 13.7. The molecule has 0 aromatic carbocycles. The summed E-state index contributed by atoms with van der Waals surface area (Å²) < 4.78 is 5.87. The van der Waals surface area contributed by atoms with E-state index in [0.717, 1.165) is 6.61 Å². The summed E-state index contributed by atoms with van der Waals surface area (Å²) in [5.41, 5.74) is 1.50. The van der Waals surface area contributed by atoms with Gasteiger partial charge in [-0.2, -0.15) is 0 Å². The number of nitrogens with one attached hydrogen (secondary N) is 1. The first-order valence-electron chi connectivity index (χ1n) is 6.53. The van der Waals surface area contributed by atoms with Gasteiger partial charge in [0, 0.05) is 0 Å². The fourth-order valence-corrected chi connectivity index (χ4v) is 2.07. The molecule has 1 unspecified atom stereocenters. The molecule has 1 rings (SSSR count). The first-order valence-corrected chi connectivity index (χ1v) is 6.53. The second-order valence-electron chi connectivity index (χ2n) is 5.64. The Morgan fingerprint density at radius 1 is 1.31 bits per heavy atom. The van der Waals surface area contributed by atoms with Crippen molar-refractivity contribution >= 4 is 0 Å². The maximum atomic E-state index is 5.87. The molecule has 0 saturated carbocycles. The highest BCUT2D eigenvalue weighted by atomic mass is 16.5. The Hall–Kier alpha value is -0.340. The highest BCUT2D eigenvalue weighted by Gasteiger charge is 2.17. The van der Waals surface area contributed by atoms with Crippen molar-refractivity contribution in [3.63, 3.8) is 0 Å². The normalized spacial score (nSPS) is 20.1. The van der Waals surface area contributed by atoms with Crippen LogP contribution in [0.25, 0.3) is 0 Å². The van der Waals surface area contributed by atoms with Gasteiger partial charge in [-0.1, -0.05) is 18.1 Å². The van der Waals surface area contributed by atoms with Crippen molar-refractivity contribution in [2.24, 2.45) is 0 Å². The van der Waals surface area contributed by atoms with Crippen LogP contribution in [0.2, 0.25) is 0 Å². The Balaban J connectivity index is 2.49. The Morgan fingerprint density at radius 3 is 2.69 bits per heavy atom. The number of rotatable bonds is 4. The maximum Gasteiger partial charge on any atom is 0.0665 e. The van der Waals surface area contributed by atoms with Gasteiger partial charge in [-0.05, 0) is 53.5 Å². The zero-order valence-electron chi connectivity index (χ0n) is 11.3. The summed E-state index contributed by atoms with van der Waals surface area (Å²) in [5.74, 6) is 0. The molecule has 1 aliphatic carbocycles. The van der Waals surface area contributed by atoms with Crippen LogP contribution >= 0.6 is 0 Å². The van der Waals surface area contributed by atoms with E-state index in [-0.39, 0.29) is 5.60 Å². The number of likely N-dealkylation sites (N-methyl/N-ethyl adjacent to an activating group) is 1. The van der Waals surface area contributed by atoms with Gasteiger partial charge in [-0.15, -0.1) is 0 Å². The largest absolute Gasteiger partial charge is 0.374 e. The summed E-state index contributed by atoms with van der Waals surface area (Å²) in [4.78, 5) is 0. The summed E-state index contributed by atoms with van der Waals surface area (Å²) >= 11 is 0. The van der Waals surface area contributed by atoms with Gasteiger partial charge < -0.3 is 10.1 Å².